The molecule has 0 aliphatic heterocycles. The first-order valence-corrected chi connectivity index (χ1v) is 8.71. The topological polar surface area (TPSA) is 94.3 Å². The van der Waals surface area contributed by atoms with E-state index >= 15 is 0 Å². The summed E-state index contributed by atoms with van der Waals surface area (Å²) in [6.07, 6.45) is 0. The van der Waals surface area contributed by atoms with Crippen LogP contribution in [0.25, 0.3) is 0 Å². The van der Waals surface area contributed by atoms with Crippen molar-refractivity contribution < 1.29 is 13.2 Å². The monoisotopic (exact) mass is 327 g/mol. The fourth-order valence-electron chi connectivity index (χ4n) is 1.62. The lowest BCUT2D eigenvalue weighted by Crippen LogP contribution is -2.23. The molecule has 1 aromatic carbocycles. The molecule has 0 atom stereocenters. The molecular formula is C13H17N3O3S2. The lowest BCUT2D eigenvalue weighted by atomic mass is 10.3. The SMILES string of the molecule is Cc1csc(CNS(=O)(=O)c2ccc(OCCN)cc2)n1. The fraction of sp³-hybridized carbons (Fsp3) is 0.308. The van der Waals surface area contributed by atoms with Crippen molar-refractivity contribution in [2.75, 3.05) is 13.2 Å². The largest absolute Gasteiger partial charge is 0.492 e. The van der Waals surface area contributed by atoms with Crippen LogP contribution in [-0.4, -0.2) is 26.6 Å². The summed E-state index contributed by atoms with van der Waals surface area (Å²) in [5, 5.41) is 2.62. The minimum Gasteiger partial charge on any atom is -0.492 e. The maximum absolute atomic E-state index is 12.1. The molecule has 0 saturated heterocycles. The van der Waals surface area contributed by atoms with E-state index in [9.17, 15) is 8.42 Å². The van der Waals surface area contributed by atoms with Gasteiger partial charge in [-0.05, 0) is 31.2 Å². The minimum atomic E-state index is -3.55. The molecule has 0 aliphatic carbocycles. The lowest BCUT2D eigenvalue weighted by Gasteiger charge is -2.07. The van der Waals surface area contributed by atoms with Gasteiger partial charge in [0.2, 0.25) is 10.0 Å². The Morgan fingerprint density at radius 2 is 2.05 bits per heavy atom. The van der Waals surface area contributed by atoms with Gasteiger partial charge in [-0.2, -0.15) is 0 Å². The van der Waals surface area contributed by atoms with E-state index < -0.39 is 10.0 Å². The third-order valence-electron chi connectivity index (χ3n) is 2.60. The second-order valence-electron chi connectivity index (χ2n) is 4.32. The Morgan fingerprint density at radius 3 is 2.62 bits per heavy atom. The standard InChI is InChI=1S/C13H17N3O3S2/c1-10-9-20-13(16-10)8-15-21(17,18)12-4-2-11(3-5-12)19-7-6-14/h2-5,9,15H,6-8,14H2,1H3. The Morgan fingerprint density at radius 1 is 1.33 bits per heavy atom. The van der Waals surface area contributed by atoms with Crippen LogP contribution in [-0.2, 0) is 16.6 Å². The van der Waals surface area contributed by atoms with E-state index in [1.165, 1.54) is 23.5 Å². The molecule has 114 valence electrons. The molecule has 0 unspecified atom stereocenters. The summed E-state index contributed by atoms with van der Waals surface area (Å²) in [5.41, 5.74) is 6.22. The molecule has 0 spiro atoms. The first kappa shape index (κ1) is 15.9. The van der Waals surface area contributed by atoms with E-state index in [2.05, 4.69) is 9.71 Å². The number of nitrogens with two attached hydrogens (primary N) is 1. The molecule has 0 radical (unpaired) electrons. The Hall–Kier alpha value is -1.48. The van der Waals surface area contributed by atoms with Gasteiger partial charge in [0, 0.05) is 17.6 Å². The smallest absolute Gasteiger partial charge is 0.240 e. The number of thiazole rings is 1. The Kier molecular flexibility index (Phi) is 5.29. The van der Waals surface area contributed by atoms with E-state index in [-0.39, 0.29) is 11.4 Å². The molecule has 0 bridgehead atoms. The molecule has 6 nitrogen and oxygen atoms in total. The highest BCUT2D eigenvalue weighted by molar-refractivity contribution is 7.89. The molecule has 0 amide bonds. The zero-order valence-corrected chi connectivity index (χ0v) is 13.2. The summed E-state index contributed by atoms with van der Waals surface area (Å²) < 4.78 is 32.1. The van der Waals surface area contributed by atoms with E-state index in [0.29, 0.717) is 18.9 Å². The number of rotatable bonds is 7. The Balaban J connectivity index is 2.01. The Labute approximate surface area is 128 Å². The van der Waals surface area contributed by atoms with Crippen LogP contribution >= 0.6 is 11.3 Å². The maximum atomic E-state index is 12.1. The summed E-state index contributed by atoms with van der Waals surface area (Å²) in [4.78, 5) is 4.41. The van der Waals surface area contributed by atoms with Crippen LogP contribution in [0.4, 0.5) is 0 Å². The number of hydrogen-bond acceptors (Lipinski definition) is 6. The zero-order chi connectivity index (χ0) is 15.3. The molecule has 1 heterocycles. The van der Waals surface area contributed by atoms with Crippen molar-refractivity contribution in [3.63, 3.8) is 0 Å². The first-order chi connectivity index (χ1) is 10.0. The van der Waals surface area contributed by atoms with E-state index in [1.807, 2.05) is 12.3 Å². The quantitative estimate of drug-likeness (QED) is 0.798. The van der Waals surface area contributed by atoms with Crippen molar-refractivity contribution in [1.82, 2.24) is 9.71 Å². The third-order valence-corrected chi connectivity index (χ3v) is 4.98. The highest BCUT2D eigenvalue weighted by atomic mass is 32.2. The van der Waals surface area contributed by atoms with E-state index in [1.54, 1.807) is 12.1 Å². The van der Waals surface area contributed by atoms with Gasteiger partial charge in [-0.3, -0.25) is 0 Å². The second kappa shape index (κ2) is 6.99. The minimum absolute atomic E-state index is 0.187. The summed E-state index contributed by atoms with van der Waals surface area (Å²) >= 11 is 1.43. The average Bonchev–Trinajstić information content (AvgIpc) is 2.89. The van der Waals surface area contributed by atoms with Crippen molar-refractivity contribution in [1.29, 1.82) is 0 Å². The van der Waals surface area contributed by atoms with Gasteiger partial charge in [0.05, 0.1) is 11.4 Å². The lowest BCUT2D eigenvalue weighted by molar-refractivity contribution is 0.328. The van der Waals surface area contributed by atoms with Gasteiger partial charge in [0.1, 0.15) is 17.4 Å². The Bertz CT molecular complexity index is 681. The first-order valence-electron chi connectivity index (χ1n) is 6.35. The van der Waals surface area contributed by atoms with Crippen LogP contribution in [0.5, 0.6) is 5.75 Å². The molecule has 2 aromatic rings. The third kappa shape index (κ3) is 4.50. The van der Waals surface area contributed by atoms with Crippen LogP contribution in [0.1, 0.15) is 10.7 Å². The van der Waals surface area contributed by atoms with Gasteiger partial charge in [-0.15, -0.1) is 11.3 Å². The van der Waals surface area contributed by atoms with Gasteiger partial charge >= 0.3 is 0 Å². The van der Waals surface area contributed by atoms with Gasteiger partial charge in [-0.25, -0.2) is 18.1 Å². The fourth-order valence-corrected chi connectivity index (χ4v) is 3.41. The number of aromatic nitrogens is 1. The maximum Gasteiger partial charge on any atom is 0.240 e. The molecule has 2 rings (SSSR count). The molecule has 21 heavy (non-hydrogen) atoms. The highest BCUT2D eigenvalue weighted by Crippen LogP contribution is 2.16. The zero-order valence-electron chi connectivity index (χ0n) is 11.6. The van der Waals surface area contributed by atoms with E-state index in [0.717, 1.165) is 10.7 Å². The van der Waals surface area contributed by atoms with Crippen LogP contribution in [0.15, 0.2) is 34.5 Å². The van der Waals surface area contributed by atoms with Gasteiger partial charge in [0.15, 0.2) is 0 Å². The number of nitrogens with zero attached hydrogens (tertiary/aromatic N) is 1. The van der Waals surface area contributed by atoms with Crippen molar-refractivity contribution in [2.24, 2.45) is 5.73 Å². The predicted molar refractivity (Wildman–Crippen MR) is 81.9 cm³/mol. The van der Waals surface area contributed by atoms with Crippen molar-refractivity contribution in [2.45, 2.75) is 18.4 Å². The molecule has 0 aliphatic rings. The van der Waals surface area contributed by atoms with Crippen LogP contribution in [0, 0.1) is 6.92 Å². The summed E-state index contributed by atoms with van der Waals surface area (Å²) in [6.45, 7) is 2.86. The summed E-state index contributed by atoms with van der Waals surface area (Å²) in [7, 11) is -3.55. The number of ether oxygens (including phenoxy) is 1. The van der Waals surface area contributed by atoms with Gasteiger partial charge < -0.3 is 10.5 Å². The number of benzene rings is 1. The molecular weight excluding hydrogens is 310 g/mol. The van der Waals surface area contributed by atoms with Crippen LogP contribution in [0.3, 0.4) is 0 Å². The molecule has 0 fully saturated rings. The highest BCUT2D eigenvalue weighted by Gasteiger charge is 2.14. The van der Waals surface area contributed by atoms with Gasteiger partial charge in [0.25, 0.3) is 0 Å². The van der Waals surface area contributed by atoms with Crippen molar-refractivity contribution >= 4 is 21.4 Å². The number of sulfonamides is 1. The van der Waals surface area contributed by atoms with Crippen LogP contribution < -0.4 is 15.2 Å². The molecule has 8 heteroatoms. The molecule has 1 aromatic heterocycles. The normalized spacial score (nSPS) is 11.5. The van der Waals surface area contributed by atoms with Gasteiger partial charge in [-0.1, -0.05) is 0 Å². The molecule has 0 saturated carbocycles. The predicted octanol–water partition coefficient (Wildman–Crippen LogP) is 1.27. The van der Waals surface area contributed by atoms with Crippen molar-refractivity contribution in [3.8, 4) is 5.75 Å². The summed E-state index contributed by atoms with van der Waals surface area (Å²) in [6, 6.07) is 6.22. The van der Waals surface area contributed by atoms with Crippen molar-refractivity contribution in [3.05, 3.63) is 40.3 Å². The average molecular weight is 327 g/mol. The van der Waals surface area contributed by atoms with Crippen LogP contribution in [0.2, 0.25) is 0 Å². The number of hydrogen-bond donors (Lipinski definition) is 2. The second-order valence-corrected chi connectivity index (χ2v) is 7.03. The summed E-state index contributed by atoms with van der Waals surface area (Å²) in [5.74, 6) is 0.593. The molecule has 3 N–H and O–H groups in total. The number of nitrogens with one attached hydrogen (secondary N) is 1. The number of aryl methyl sites for hydroxylation is 1. The van der Waals surface area contributed by atoms with E-state index in [4.69, 9.17) is 10.5 Å².